The molecule has 0 saturated heterocycles. The zero-order valence-electron chi connectivity index (χ0n) is 9.30. The molecular formula is C12H23NO. The smallest absolute Gasteiger partial charge is 0.0590 e. The van der Waals surface area contributed by atoms with Crippen molar-refractivity contribution < 1.29 is 4.74 Å². The van der Waals surface area contributed by atoms with Gasteiger partial charge in [0.2, 0.25) is 0 Å². The zero-order chi connectivity index (χ0) is 9.80. The molecule has 0 aromatic rings. The molecule has 0 spiro atoms. The number of rotatable bonds is 4. The molecule has 0 radical (unpaired) electrons. The lowest BCUT2D eigenvalue weighted by Gasteiger charge is -2.15. The first-order valence-corrected chi connectivity index (χ1v) is 6.17. The van der Waals surface area contributed by atoms with E-state index in [1.165, 1.54) is 44.9 Å². The molecule has 2 saturated carbocycles. The first-order valence-electron chi connectivity index (χ1n) is 6.17. The summed E-state index contributed by atoms with van der Waals surface area (Å²) < 4.78 is 5.98. The number of nitrogens with one attached hydrogen (secondary N) is 1. The highest BCUT2D eigenvalue weighted by Crippen LogP contribution is 2.27. The van der Waals surface area contributed by atoms with E-state index in [9.17, 15) is 0 Å². The molecule has 0 bridgehead atoms. The maximum absolute atomic E-state index is 5.98. The predicted octanol–water partition coefficient (Wildman–Crippen LogP) is 2.33. The van der Waals surface area contributed by atoms with Gasteiger partial charge < -0.3 is 10.1 Å². The Hall–Kier alpha value is -0.0800. The third-order valence-electron chi connectivity index (χ3n) is 3.84. The minimum Gasteiger partial charge on any atom is -0.378 e. The lowest BCUT2D eigenvalue weighted by molar-refractivity contribution is 0.0336. The van der Waals surface area contributed by atoms with Crippen molar-refractivity contribution in [3.05, 3.63) is 0 Å². The van der Waals surface area contributed by atoms with Gasteiger partial charge in [-0.05, 0) is 45.1 Å². The Labute approximate surface area is 87.4 Å². The van der Waals surface area contributed by atoms with Gasteiger partial charge in [-0.2, -0.15) is 0 Å². The Balaban J connectivity index is 1.61. The van der Waals surface area contributed by atoms with Crippen LogP contribution in [0.4, 0.5) is 0 Å². The normalized spacial score (nSPS) is 34.1. The molecule has 2 atom stereocenters. The van der Waals surface area contributed by atoms with Crippen LogP contribution in [0.25, 0.3) is 0 Å². The maximum atomic E-state index is 5.98. The van der Waals surface area contributed by atoms with E-state index in [0.29, 0.717) is 12.1 Å². The molecule has 2 heteroatoms. The summed E-state index contributed by atoms with van der Waals surface area (Å²) >= 11 is 0. The van der Waals surface area contributed by atoms with Gasteiger partial charge in [-0.15, -0.1) is 0 Å². The summed E-state index contributed by atoms with van der Waals surface area (Å²) in [6.07, 6.45) is 10.0. The van der Waals surface area contributed by atoms with Crippen LogP contribution in [0.3, 0.4) is 0 Å². The van der Waals surface area contributed by atoms with Crippen LogP contribution in [0.15, 0.2) is 0 Å². The molecule has 1 N–H and O–H groups in total. The zero-order valence-corrected chi connectivity index (χ0v) is 9.30. The average molecular weight is 197 g/mol. The summed E-state index contributed by atoms with van der Waals surface area (Å²) in [5, 5.41) is 3.34. The lowest BCUT2D eigenvalue weighted by Crippen LogP contribution is -2.23. The minimum absolute atomic E-state index is 0.549. The van der Waals surface area contributed by atoms with Crippen molar-refractivity contribution in [3.63, 3.8) is 0 Å². The van der Waals surface area contributed by atoms with Crippen LogP contribution < -0.4 is 5.32 Å². The molecule has 82 valence electrons. The van der Waals surface area contributed by atoms with Gasteiger partial charge in [-0.25, -0.2) is 0 Å². The standard InChI is InChI=1S/C12H23NO/c1-13-11-6-7-12(8-11)14-9-10-4-2-3-5-10/h10-13H,2-9H2,1H3. The van der Waals surface area contributed by atoms with Gasteiger partial charge in [-0.3, -0.25) is 0 Å². The molecule has 2 fully saturated rings. The van der Waals surface area contributed by atoms with E-state index in [4.69, 9.17) is 4.74 Å². The summed E-state index contributed by atoms with van der Waals surface area (Å²) in [7, 11) is 2.06. The maximum Gasteiger partial charge on any atom is 0.0590 e. The third kappa shape index (κ3) is 2.71. The monoisotopic (exact) mass is 197 g/mol. The van der Waals surface area contributed by atoms with E-state index in [2.05, 4.69) is 12.4 Å². The molecule has 2 rings (SSSR count). The summed E-state index contributed by atoms with van der Waals surface area (Å²) in [6, 6.07) is 0.712. The predicted molar refractivity (Wildman–Crippen MR) is 58.4 cm³/mol. The molecule has 0 heterocycles. The second kappa shape index (κ2) is 5.13. The Kier molecular flexibility index (Phi) is 3.82. The summed E-state index contributed by atoms with van der Waals surface area (Å²) in [6.45, 7) is 1.03. The largest absolute Gasteiger partial charge is 0.378 e. The van der Waals surface area contributed by atoms with Gasteiger partial charge in [0, 0.05) is 12.6 Å². The van der Waals surface area contributed by atoms with Gasteiger partial charge in [0.25, 0.3) is 0 Å². The number of hydrogen-bond donors (Lipinski definition) is 1. The van der Waals surface area contributed by atoms with Crippen molar-refractivity contribution in [1.82, 2.24) is 5.32 Å². The fraction of sp³-hybridized carbons (Fsp3) is 1.00. The van der Waals surface area contributed by atoms with E-state index < -0.39 is 0 Å². The SMILES string of the molecule is CNC1CCC(OCC2CCCC2)C1. The topological polar surface area (TPSA) is 21.3 Å². The van der Waals surface area contributed by atoms with Crippen LogP contribution in [0.1, 0.15) is 44.9 Å². The molecule has 2 aliphatic rings. The molecular weight excluding hydrogens is 174 g/mol. The number of ether oxygens (including phenoxy) is 1. The van der Waals surface area contributed by atoms with Gasteiger partial charge in [0.1, 0.15) is 0 Å². The van der Waals surface area contributed by atoms with Crippen molar-refractivity contribution in [2.75, 3.05) is 13.7 Å². The average Bonchev–Trinajstić information content (AvgIpc) is 2.86. The van der Waals surface area contributed by atoms with E-state index in [1.54, 1.807) is 0 Å². The van der Waals surface area contributed by atoms with Crippen molar-refractivity contribution in [2.24, 2.45) is 5.92 Å². The highest BCUT2D eigenvalue weighted by molar-refractivity contribution is 4.80. The Morgan fingerprint density at radius 3 is 2.57 bits per heavy atom. The van der Waals surface area contributed by atoms with Crippen LogP contribution in [-0.2, 0) is 4.74 Å². The van der Waals surface area contributed by atoms with Crippen LogP contribution >= 0.6 is 0 Å². The second-order valence-electron chi connectivity index (χ2n) is 4.90. The Morgan fingerprint density at radius 1 is 1.14 bits per heavy atom. The van der Waals surface area contributed by atoms with E-state index >= 15 is 0 Å². The minimum atomic E-state index is 0.549. The van der Waals surface area contributed by atoms with Gasteiger partial charge in [0.05, 0.1) is 6.10 Å². The fourth-order valence-corrected chi connectivity index (χ4v) is 2.80. The van der Waals surface area contributed by atoms with Crippen LogP contribution in [0.2, 0.25) is 0 Å². The molecule has 2 nitrogen and oxygen atoms in total. The number of hydrogen-bond acceptors (Lipinski definition) is 2. The van der Waals surface area contributed by atoms with E-state index in [0.717, 1.165) is 12.5 Å². The fourth-order valence-electron chi connectivity index (χ4n) is 2.80. The van der Waals surface area contributed by atoms with Crippen LogP contribution in [-0.4, -0.2) is 25.8 Å². The molecule has 2 unspecified atom stereocenters. The Bertz CT molecular complexity index is 166. The summed E-state index contributed by atoms with van der Waals surface area (Å²) in [5.41, 5.74) is 0. The Morgan fingerprint density at radius 2 is 1.93 bits per heavy atom. The third-order valence-corrected chi connectivity index (χ3v) is 3.84. The molecule has 0 aromatic heterocycles. The molecule has 0 aromatic carbocycles. The first-order chi connectivity index (χ1) is 6.88. The van der Waals surface area contributed by atoms with Crippen molar-refractivity contribution in [3.8, 4) is 0 Å². The van der Waals surface area contributed by atoms with Gasteiger partial charge in [-0.1, -0.05) is 12.8 Å². The molecule has 14 heavy (non-hydrogen) atoms. The first kappa shape index (κ1) is 10.4. The summed E-state index contributed by atoms with van der Waals surface area (Å²) in [4.78, 5) is 0. The lowest BCUT2D eigenvalue weighted by atomic mass is 10.1. The van der Waals surface area contributed by atoms with Crippen LogP contribution in [0.5, 0.6) is 0 Å². The molecule has 2 aliphatic carbocycles. The summed E-state index contributed by atoms with van der Waals surface area (Å²) in [5.74, 6) is 0.878. The molecule has 0 aliphatic heterocycles. The quantitative estimate of drug-likeness (QED) is 0.747. The highest BCUT2D eigenvalue weighted by Gasteiger charge is 2.25. The van der Waals surface area contributed by atoms with Crippen molar-refractivity contribution in [1.29, 1.82) is 0 Å². The van der Waals surface area contributed by atoms with Gasteiger partial charge in [0.15, 0.2) is 0 Å². The van der Waals surface area contributed by atoms with Crippen LogP contribution in [0, 0.1) is 5.92 Å². The van der Waals surface area contributed by atoms with E-state index in [-0.39, 0.29) is 0 Å². The van der Waals surface area contributed by atoms with Crippen molar-refractivity contribution >= 4 is 0 Å². The van der Waals surface area contributed by atoms with E-state index in [1.807, 2.05) is 0 Å². The van der Waals surface area contributed by atoms with Crippen molar-refractivity contribution in [2.45, 2.75) is 57.1 Å². The van der Waals surface area contributed by atoms with Gasteiger partial charge >= 0.3 is 0 Å². The second-order valence-corrected chi connectivity index (χ2v) is 4.90. The highest BCUT2D eigenvalue weighted by atomic mass is 16.5. The molecule has 0 amide bonds.